The van der Waals surface area contributed by atoms with Crippen molar-refractivity contribution in [1.82, 2.24) is 0 Å². The molecule has 4 rings (SSSR count). The highest BCUT2D eigenvalue weighted by atomic mass is 16.8. The van der Waals surface area contributed by atoms with Crippen molar-refractivity contribution in [2.75, 3.05) is 7.11 Å². The SMILES string of the molecule is CC[C@@H]1O[C@@H](Oc2ccc3c(O)c(C(C)=O)c(=O)oc3c2C)[C@@H]2OC(=O)O[C@@H]2[C@H]1OC. The van der Waals surface area contributed by atoms with Crippen LogP contribution in [0.1, 0.15) is 36.2 Å². The Labute approximate surface area is 176 Å². The third-order valence-electron chi connectivity index (χ3n) is 5.57. The maximum Gasteiger partial charge on any atom is 0.509 e. The van der Waals surface area contributed by atoms with Crippen LogP contribution in [-0.2, 0) is 18.9 Å². The molecule has 2 aliphatic rings. The fourth-order valence-corrected chi connectivity index (χ4v) is 4.03. The summed E-state index contributed by atoms with van der Waals surface area (Å²) in [5.74, 6) is -0.772. The molecule has 1 aromatic carbocycles. The van der Waals surface area contributed by atoms with E-state index in [-0.39, 0.29) is 16.7 Å². The van der Waals surface area contributed by atoms with Crippen LogP contribution in [0.15, 0.2) is 21.3 Å². The van der Waals surface area contributed by atoms with Gasteiger partial charge in [0, 0.05) is 12.7 Å². The number of carbonyl (C=O) groups excluding carboxylic acids is 2. The highest BCUT2D eigenvalue weighted by Crippen LogP contribution is 2.37. The lowest BCUT2D eigenvalue weighted by atomic mass is 9.97. The average Bonchev–Trinajstić information content (AvgIpc) is 3.11. The van der Waals surface area contributed by atoms with Gasteiger partial charge in [-0.05, 0) is 32.4 Å². The molecule has 5 atom stereocenters. The van der Waals surface area contributed by atoms with E-state index in [0.29, 0.717) is 12.0 Å². The predicted molar refractivity (Wildman–Crippen MR) is 104 cm³/mol. The number of rotatable bonds is 5. The molecule has 10 nitrogen and oxygen atoms in total. The fourth-order valence-electron chi connectivity index (χ4n) is 4.03. The number of fused-ring (bicyclic) bond motifs is 2. The second-order valence-corrected chi connectivity index (χ2v) is 7.42. The van der Waals surface area contributed by atoms with E-state index in [1.165, 1.54) is 20.1 Å². The van der Waals surface area contributed by atoms with Crippen molar-refractivity contribution in [3.63, 3.8) is 0 Å². The zero-order valence-corrected chi connectivity index (χ0v) is 17.4. The number of aryl methyl sites for hydroxylation is 1. The van der Waals surface area contributed by atoms with Crippen LogP contribution in [0.2, 0.25) is 0 Å². The summed E-state index contributed by atoms with van der Waals surface area (Å²) in [5, 5.41) is 10.6. The largest absolute Gasteiger partial charge is 0.509 e. The zero-order valence-electron chi connectivity index (χ0n) is 17.4. The van der Waals surface area contributed by atoms with Crippen LogP contribution in [0, 0.1) is 6.92 Å². The van der Waals surface area contributed by atoms with Crippen LogP contribution < -0.4 is 10.4 Å². The molecular weight excluding hydrogens is 412 g/mol. The number of benzene rings is 1. The first-order chi connectivity index (χ1) is 14.8. The molecule has 1 aromatic heterocycles. The molecule has 0 bridgehead atoms. The summed E-state index contributed by atoms with van der Waals surface area (Å²) in [6, 6.07) is 3.01. The van der Waals surface area contributed by atoms with Crippen molar-refractivity contribution in [2.45, 2.75) is 57.9 Å². The lowest BCUT2D eigenvalue weighted by molar-refractivity contribution is -0.250. The van der Waals surface area contributed by atoms with Gasteiger partial charge in [-0.15, -0.1) is 0 Å². The quantitative estimate of drug-likeness (QED) is 0.425. The Kier molecular flexibility index (Phi) is 5.36. The summed E-state index contributed by atoms with van der Waals surface area (Å²) in [6.45, 7) is 4.69. The molecule has 0 unspecified atom stereocenters. The molecular formula is C21H22O10. The van der Waals surface area contributed by atoms with Crippen molar-refractivity contribution in [3.05, 3.63) is 33.7 Å². The second-order valence-electron chi connectivity index (χ2n) is 7.42. The van der Waals surface area contributed by atoms with Gasteiger partial charge in [0.2, 0.25) is 12.4 Å². The monoisotopic (exact) mass is 434 g/mol. The third-order valence-corrected chi connectivity index (χ3v) is 5.57. The second kappa shape index (κ2) is 7.86. The first-order valence-corrected chi connectivity index (χ1v) is 9.79. The maximum atomic E-state index is 12.2. The predicted octanol–water partition coefficient (Wildman–Crippen LogP) is 2.44. The molecule has 31 heavy (non-hydrogen) atoms. The van der Waals surface area contributed by atoms with Crippen LogP contribution in [0.4, 0.5) is 4.79 Å². The zero-order chi connectivity index (χ0) is 22.4. The van der Waals surface area contributed by atoms with E-state index in [0.717, 1.165) is 0 Å². The smallest absolute Gasteiger partial charge is 0.506 e. The first-order valence-electron chi connectivity index (χ1n) is 9.79. The van der Waals surface area contributed by atoms with Crippen molar-refractivity contribution in [2.24, 2.45) is 0 Å². The van der Waals surface area contributed by atoms with Crippen LogP contribution in [0.5, 0.6) is 11.5 Å². The van der Waals surface area contributed by atoms with Crippen molar-refractivity contribution in [3.8, 4) is 11.5 Å². The minimum atomic E-state index is -0.999. The Hall–Kier alpha value is -3.11. The van der Waals surface area contributed by atoms with Crippen LogP contribution in [0.3, 0.4) is 0 Å². The van der Waals surface area contributed by atoms with Gasteiger partial charge in [-0.25, -0.2) is 9.59 Å². The van der Waals surface area contributed by atoms with Crippen molar-refractivity contribution in [1.29, 1.82) is 0 Å². The molecule has 0 amide bonds. The number of carbonyl (C=O) groups is 2. The standard InChI is InChI=1S/C21H22O10/c1-5-11-16(26-4)17-18(31-21(25)30-17)20(27-11)28-12-7-6-10-14(23)13(9(3)22)19(24)29-15(10)8(12)2/h6-7,11,16-18,20,23H,5H2,1-4H3/t11-,16-,17+,18+,20-/m0/s1. The molecule has 3 heterocycles. The van der Waals surface area contributed by atoms with Crippen LogP contribution in [0.25, 0.3) is 11.0 Å². The van der Waals surface area contributed by atoms with E-state index in [2.05, 4.69) is 0 Å². The van der Waals surface area contributed by atoms with Crippen molar-refractivity contribution < 1.29 is 42.8 Å². The van der Waals surface area contributed by atoms with Gasteiger partial charge in [0.1, 0.15) is 28.7 Å². The summed E-state index contributed by atoms with van der Waals surface area (Å²) in [6.07, 6.45) is -3.76. The fraction of sp³-hybridized carbons (Fsp3) is 0.476. The van der Waals surface area contributed by atoms with Gasteiger partial charge < -0.3 is 33.2 Å². The summed E-state index contributed by atoms with van der Waals surface area (Å²) in [5.41, 5.74) is -0.893. The average molecular weight is 434 g/mol. The summed E-state index contributed by atoms with van der Waals surface area (Å²) in [4.78, 5) is 35.6. The van der Waals surface area contributed by atoms with Crippen LogP contribution in [-0.4, -0.2) is 54.9 Å². The molecule has 166 valence electrons. The van der Waals surface area contributed by atoms with Gasteiger partial charge in [-0.2, -0.15) is 0 Å². The summed E-state index contributed by atoms with van der Waals surface area (Å²) >= 11 is 0. The van der Waals surface area contributed by atoms with E-state index in [1.807, 2.05) is 6.92 Å². The highest BCUT2D eigenvalue weighted by molar-refractivity contribution is 6.02. The lowest BCUT2D eigenvalue weighted by Crippen LogP contribution is -2.58. The van der Waals surface area contributed by atoms with E-state index in [9.17, 15) is 19.5 Å². The molecule has 2 saturated heterocycles. The summed E-state index contributed by atoms with van der Waals surface area (Å²) in [7, 11) is 1.50. The normalized spacial score (nSPS) is 27.5. The molecule has 0 saturated carbocycles. The van der Waals surface area contributed by atoms with E-state index in [1.54, 1.807) is 13.0 Å². The maximum absolute atomic E-state index is 12.2. The number of ether oxygens (including phenoxy) is 5. The molecule has 2 aliphatic heterocycles. The molecule has 10 heteroatoms. The number of methoxy groups -OCH3 is 1. The van der Waals surface area contributed by atoms with E-state index in [4.69, 9.17) is 28.1 Å². The van der Waals surface area contributed by atoms with Gasteiger partial charge >= 0.3 is 11.8 Å². The topological polar surface area (TPSA) is 131 Å². The van der Waals surface area contributed by atoms with Gasteiger partial charge in [0.15, 0.2) is 11.9 Å². The van der Waals surface area contributed by atoms with E-state index < -0.39 is 59.6 Å². The number of aromatic hydroxyl groups is 1. The van der Waals surface area contributed by atoms with Gasteiger partial charge in [0.25, 0.3) is 0 Å². The number of hydrogen-bond acceptors (Lipinski definition) is 10. The molecule has 0 aliphatic carbocycles. The lowest BCUT2D eigenvalue weighted by Gasteiger charge is -2.40. The Morgan fingerprint density at radius 1 is 1.19 bits per heavy atom. The Morgan fingerprint density at radius 3 is 2.55 bits per heavy atom. The Bertz CT molecular complexity index is 1100. The molecule has 0 radical (unpaired) electrons. The van der Waals surface area contributed by atoms with Gasteiger partial charge in [-0.3, -0.25) is 4.79 Å². The molecule has 1 N–H and O–H groups in total. The molecule has 0 spiro atoms. The summed E-state index contributed by atoms with van der Waals surface area (Å²) < 4.78 is 33.2. The minimum Gasteiger partial charge on any atom is -0.506 e. The third kappa shape index (κ3) is 3.41. The number of hydrogen-bond donors (Lipinski definition) is 1. The first kappa shape index (κ1) is 21.1. The number of Topliss-reactive ketones (excluding diaryl/α,β-unsaturated/α-hetero) is 1. The Morgan fingerprint density at radius 2 is 1.90 bits per heavy atom. The minimum absolute atomic E-state index is 0.0684. The molecule has 2 fully saturated rings. The van der Waals surface area contributed by atoms with Crippen LogP contribution >= 0.6 is 0 Å². The molecule has 2 aromatic rings. The Balaban J connectivity index is 1.72. The number of ketones is 1. The van der Waals surface area contributed by atoms with Gasteiger partial charge in [-0.1, -0.05) is 6.92 Å². The van der Waals surface area contributed by atoms with Crippen molar-refractivity contribution >= 4 is 22.9 Å². The van der Waals surface area contributed by atoms with E-state index >= 15 is 0 Å². The highest BCUT2D eigenvalue weighted by Gasteiger charge is 2.55. The van der Waals surface area contributed by atoms with Gasteiger partial charge in [0.05, 0.1) is 11.5 Å².